The summed E-state index contributed by atoms with van der Waals surface area (Å²) in [6, 6.07) is 0. The molecule has 0 aliphatic heterocycles. The fourth-order valence-corrected chi connectivity index (χ4v) is 2.38. The number of nitrogens with one attached hydrogen (secondary N) is 1. The molecule has 0 aliphatic rings. The quantitative estimate of drug-likeness (QED) is 0.153. The molecule has 0 spiro atoms. The maximum absolute atomic E-state index is 11.3. The van der Waals surface area contributed by atoms with Gasteiger partial charge in [0.05, 0.1) is 85.7 Å². The summed E-state index contributed by atoms with van der Waals surface area (Å²) in [5, 5.41) is 11.1. The van der Waals surface area contributed by atoms with Gasteiger partial charge in [-0.3, -0.25) is 9.59 Å². The van der Waals surface area contributed by atoms with Gasteiger partial charge in [0.1, 0.15) is 0 Å². The standard InChI is InChI=1S/C23H45NO10/c1-2-3-8-28-10-12-30-14-16-32-18-20-34-21-19-33-17-15-31-13-11-29-9-4-7-24-22(25)5-6-23(26)27/h2-21H2,1H3,(H,24,25)(H,26,27). The number of hydrogen-bond acceptors (Lipinski definition) is 9. The lowest BCUT2D eigenvalue weighted by Crippen LogP contribution is -2.25. The summed E-state index contributed by atoms with van der Waals surface area (Å²) in [7, 11) is 0. The van der Waals surface area contributed by atoms with Gasteiger partial charge in [-0.05, 0) is 12.8 Å². The van der Waals surface area contributed by atoms with Crippen molar-refractivity contribution in [3.63, 3.8) is 0 Å². The summed E-state index contributed by atoms with van der Waals surface area (Å²) in [4.78, 5) is 21.7. The molecule has 0 aromatic carbocycles. The highest BCUT2D eigenvalue weighted by atomic mass is 16.6. The number of hydrogen-bond donors (Lipinski definition) is 2. The van der Waals surface area contributed by atoms with E-state index in [4.69, 9.17) is 38.3 Å². The number of carbonyl (C=O) groups is 2. The van der Waals surface area contributed by atoms with E-state index in [1.165, 1.54) is 0 Å². The minimum Gasteiger partial charge on any atom is -0.481 e. The predicted octanol–water partition coefficient (Wildman–Crippen LogP) is 1.27. The third kappa shape index (κ3) is 28.7. The molecule has 11 nitrogen and oxygen atoms in total. The van der Waals surface area contributed by atoms with E-state index in [0.29, 0.717) is 98.9 Å². The molecule has 0 fully saturated rings. The first-order chi connectivity index (χ1) is 16.7. The highest BCUT2D eigenvalue weighted by Gasteiger charge is 2.04. The van der Waals surface area contributed by atoms with Crippen LogP contribution < -0.4 is 5.32 Å². The molecule has 0 heterocycles. The second-order valence-electron chi connectivity index (χ2n) is 7.24. The summed E-state index contributed by atoms with van der Waals surface area (Å²) in [5.41, 5.74) is 0. The second kappa shape index (κ2) is 27.9. The maximum atomic E-state index is 11.3. The van der Waals surface area contributed by atoms with Crippen LogP contribution in [0.25, 0.3) is 0 Å². The number of carbonyl (C=O) groups excluding carboxylic acids is 1. The van der Waals surface area contributed by atoms with Crippen LogP contribution in [0.2, 0.25) is 0 Å². The lowest BCUT2D eigenvalue weighted by molar-refractivity contribution is -0.138. The van der Waals surface area contributed by atoms with Gasteiger partial charge >= 0.3 is 5.97 Å². The Kier molecular flexibility index (Phi) is 26.8. The van der Waals surface area contributed by atoms with E-state index < -0.39 is 5.97 Å². The zero-order valence-corrected chi connectivity index (χ0v) is 20.8. The van der Waals surface area contributed by atoms with Crippen molar-refractivity contribution in [3.8, 4) is 0 Å². The van der Waals surface area contributed by atoms with E-state index in [1.54, 1.807) is 0 Å². The van der Waals surface area contributed by atoms with Gasteiger partial charge in [-0.15, -0.1) is 0 Å². The molecule has 202 valence electrons. The minimum absolute atomic E-state index is 0.00134. The molecular weight excluding hydrogens is 450 g/mol. The van der Waals surface area contributed by atoms with Crippen molar-refractivity contribution in [2.45, 2.75) is 39.0 Å². The second-order valence-corrected chi connectivity index (χ2v) is 7.24. The van der Waals surface area contributed by atoms with Crippen molar-refractivity contribution in [2.75, 3.05) is 99.0 Å². The Morgan fingerprint density at radius 2 is 0.912 bits per heavy atom. The molecule has 0 saturated carbocycles. The molecule has 34 heavy (non-hydrogen) atoms. The number of aliphatic carboxylic acids is 1. The van der Waals surface area contributed by atoms with Gasteiger partial charge in [0.15, 0.2) is 0 Å². The van der Waals surface area contributed by atoms with Crippen LogP contribution in [0, 0.1) is 0 Å². The van der Waals surface area contributed by atoms with Gasteiger partial charge < -0.3 is 43.6 Å². The van der Waals surface area contributed by atoms with Crippen molar-refractivity contribution in [1.29, 1.82) is 0 Å². The van der Waals surface area contributed by atoms with Gasteiger partial charge in [0, 0.05) is 26.2 Å². The van der Waals surface area contributed by atoms with E-state index in [9.17, 15) is 9.59 Å². The molecule has 0 aromatic heterocycles. The van der Waals surface area contributed by atoms with Crippen LogP contribution in [0.1, 0.15) is 39.0 Å². The molecule has 0 aromatic rings. The lowest BCUT2D eigenvalue weighted by atomic mass is 10.3. The van der Waals surface area contributed by atoms with Crippen LogP contribution in [-0.4, -0.2) is 116 Å². The number of rotatable bonds is 28. The highest BCUT2D eigenvalue weighted by molar-refractivity contribution is 5.80. The van der Waals surface area contributed by atoms with Crippen LogP contribution in [0.15, 0.2) is 0 Å². The van der Waals surface area contributed by atoms with Crippen molar-refractivity contribution in [2.24, 2.45) is 0 Å². The molecule has 0 rings (SSSR count). The number of carboxylic acid groups (broad SMARTS) is 1. The van der Waals surface area contributed by atoms with Crippen molar-refractivity contribution < 1.29 is 47.9 Å². The molecule has 0 unspecified atom stereocenters. The van der Waals surface area contributed by atoms with Gasteiger partial charge in [-0.25, -0.2) is 0 Å². The lowest BCUT2D eigenvalue weighted by Gasteiger charge is -2.08. The fraction of sp³-hybridized carbons (Fsp3) is 0.913. The van der Waals surface area contributed by atoms with Gasteiger partial charge in [-0.2, -0.15) is 0 Å². The molecule has 11 heteroatoms. The summed E-state index contributed by atoms with van der Waals surface area (Å²) in [5.74, 6) is -1.24. The molecule has 0 aliphatic carbocycles. The molecular formula is C23H45NO10. The molecule has 1 amide bonds. The third-order valence-corrected chi connectivity index (χ3v) is 4.23. The predicted molar refractivity (Wildman–Crippen MR) is 125 cm³/mol. The van der Waals surface area contributed by atoms with E-state index in [1.807, 2.05) is 0 Å². The van der Waals surface area contributed by atoms with Crippen LogP contribution >= 0.6 is 0 Å². The summed E-state index contributed by atoms with van der Waals surface area (Å²) in [6.07, 6.45) is 2.73. The Labute approximate surface area is 203 Å². The Morgan fingerprint density at radius 1 is 0.559 bits per heavy atom. The fourth-order valence-electron chi connectivity index (χ4n) is 2.38. The zero-order chi connectivity index (χ0) is 25.0. The highest BCUT2D eigenvalue weighted by Crippen LogP contribution is 1.90. The summed E-state index contributed by atoms with van der Waals surface area (Å²) < 4.78 is 37.9. The van der Waals surface area contributed by atoms with Crippen molar-refractivity contribution in [3.05, 3.63) is 0 Å². The average molecular weight is 496 g/mol. The van der Waals surface area contributed by atoms with Crippen molar-refractivity contribution >= 4 is 11.9 Å². The van der Waals surface area contributed by atoms with Crippen LogP contribution in [-0.2, 0) is 42.7 Å². The van der Waals surface area contributed by atoms with Gasteiger partial charge in [0.2, 0.25) is 5.91 Å². The Bertz CT molecular complexity index is 453. The normalized spacial score (nSPS) is 11.1. The zero-order valence-electron chi connectivity index (χ0n) is 20.8. The maximum Gasteiger partial charge on any atom is 0.303 e. The van der Waals surface area contributed by atoms with Crippen LogP contribution in [0.5, 0.6) is 0 Å². The first-order valence-electron chi connectivity index (χ1n) is 12.2. The summed E-state index contributed by atoms with van der Waals surface area (Å²) in [6.45, 7) is 10.2. The molecule has 0 atom stereocenters. The number of ether oxygens (including phenoxy) is 7. The SMILES string of the molecule is CCCCOCCOCCOCCOCCOCCOCCOCCCNC(=O)CCC(=O)O. The number of unbranched alkanes of at least 4 members (excludes halogenated alkanes) is 1. The van der Waals surface area contributed by atoms with Crippen LogP contribution in [0.4, 0.5) is 0 Å². The summed E-state index contributed by atoms with van der Waals surface area (Å²) >= 11 is 0. The Hall–Kier alpha value is -1.34. The Morgan fingerprint density at radius 3 is 1.26 bits per heavy atom. The van der Waals surface area contributed by atoms with E-state index in [0.717, 1.165) is 19.4 Å². The molecule has 0 radical (unpaired) electrons. The van der Waals surface area contributed by atoms with E-state index in [2.05, 4.69) is 12.2 Å². The molecule has 0 saturated heterocycles. The van der Waals surface area contributed by atoms with E-state index in [-0.39, 0.29) is 18.7 Å². The smallest absolute Gasteiger partial charge is 0.303 e. The van der Waals surface area contributed by atoms with Gasteiger partial charge in [-0.1, -0.05) is 13.3 Å². The van der Waals surface area contributed by atoms with Crippen molar-refractivity contribution in [1.82, 2.24) is 5.32 Å². The largest absolute Gasteiger partial charge is 0.481 e. The minimum atomic E-state index is -0.976. The monoisotopic (exact) mass is 495 g/mol. The van der Waals surface area contributed by atoms with Crippen LogP contribution in [0.3, 0.4) is 0 Å². The first kappa shape index (κ1) is 32.7. The molecule has 0 bridgehead atoms. The van der Waals surface area contributed by atoms with Gasteiger partial charge in [0.25, 0.3) is 0 Å². The Balaban J connectivity index is 3.08. The molecule has 2 N–H and O–H groups in total. The average Bonchev–Trinajstić information content (AvgIpc) is 2.82. The van der Waals surface area contributed by atoms with E-state index >= 15 is 0 Å². The topological polar surface area (TPSA) is 131 Å². The number of carboxylic acids is 1. The third-order valence-electron chi connectivity index (χ3n) is 4.23. The first-order valence-corrected chi connectivity index (χ1v) is 12.2. The number of amides is 1.